The Hall–Kier alpha value is -0.330. The fourth-order valence-corrected chi connectivity index (χ4v) is 3.97. The second kappa shape index (κ2) is 8.07. The van der Waals surface area contributed by atoms with Crippen molar-refractivity contribution >= 4 is 27.5 Å². The molecule has 0 saturated carbocycles. The molecule has 0 atom stereocenters. The first-order chi connectivity index (χ1) is 8.95. The molecule has 0 aromatic heterocycles. The third-order valence-corrected chi connectivity index (χ3v) is 5.62. The zero-order valence-electron chi connectivity index (χ0n) is 11.4. The third kappa shape index (κ3) is 6.10. The minimum Gasteiger partial charge on any atom is -0.356 e. The van der Waals surface area contributed by atoms with Crippen LogP contribution in [-0.4, -0.2) is 49.9 Å². The molecule has 1 N–H and O–H groups in total. The van der Waals surface area contributed by atoms with Gasteiger partial charge >= 0.3 is 0 Å². The maximum Gasteiger partial charge on any atom is 0.216 e. The predicted octanol–water partition coefficient (Wildman–Crippen LogP) is 1.18. The highest BCUT2D eigenvalue weighted by Crippen LogP contribution is 2.19. The number of carbonyl (C=O) groups is 1. The molecule has 0 aliphatic carbocycles. The number of hydrogen-bond acceptors (Lipinski definition) is 3. The van der Waals surface area contributed by atoms with Crippen molar-refractivity contribution in [2.75, 3.05) is 31.3 Å². The summed E-state index contributed by atoms with van der Waals surface area (Å²) >= 11 is 5.55. The van der Waals surface area contributed by atoms with Gasteiger partial charge in [-0.1, -0.05) is 0 Å². The lowest BCUT2D eigenvalue weighted by atomic mass is 9.98. The van der Waals surface area contributed by atoms with Gasteiger partial charge in [0.2, 0.25) is 15.9 Å². The van der Waals surface area contributed by atoms with Crippen molar-refractivity contribution in [3.05, 3.63) is 0 Å². The van der Waals surface area contributed by atoms with Crippen LogP contribution in [-0.2, 0) is 14.8 Å². The van der Waals surface area contributed by atoms with E-state index < -0.39 is 10.0 Å². The van der Waals surface area contributed by atoms with Crippen LogP contribution in [0.25, 0.3) is 0 Å². The van der Waals surface area contributed by atoms with Crippen molar-refractivity contribution in [3.8, 4) is 0 Å². The second-order valence-electron chi connectivity index (χ2n) is 4.99. The van der Waals surface area contributed by atoms with Crippen molar-refractivity contribution in [2.45, 2.75) is 32.6 Å². The van der Waals surface area contributed by atoms with E-state index in [-0.39, 0.29) is 11.7 Å². The highest BCUT2D eigenvalue weighted by Gasteiger charge is 2.27. The second-order valence-corrected chi connectivity index (χ2v) is 7.46. The summed E-state index contributed by atoms with van der Waals surface area (Å²) in [6.45, 7) is 3.27. The van der Waals surface area contributed by atoms with Gasteiger partial charge in [-0.05, 0) is 31.6 Å². The van der Waals surface area contributed by atoms with E-state index in [0.29, 0.717) is 37.9 Å². The van der Waals surface area contributed by atoms with Gasteiger partial charge in [-0.15, -0.1) is 11.6 Å². The van der Waals surface area contributed by atoms with E-state index in [1.54, 1.807) is 4.31 Å². The summed E-state index contributed by atoms with van der Waals surface area (Å²) in [5.74, 6) is 1.05. The highest BCUT2D eigenvalue weighted by molar-refractivity contribution is 7.89. The van der Waals surface area contributed by atoms with Crippen molar-refractivity contribution in [1.29, 1.82) is 0 Å². The molecule has 1 fully saturated rings. The van der Waals surface area contributed by atoms with Crippen molar-refractivity contribution < 1.29 is 13.2 Å². The van der Waals surface area contributed by atoms with Crippen LogP contribution >= 0.6 is 11.6 Å². The Bertz CT molecular complexity index is 378. The molecule has 0 bridgehead atoms. The van der Waals surface area contributed by atoms with Crippen molar-refractivity contribution in [1.82, 2.24) is 9.62 Å². The number of halogens is 1. The van der Waals surface area contributed by atoms with Gasteiger partial charge in [0.15, 0.2) is 0 Å². The Morgan fingerprint density at radius 1 is 1.32 bits per heavy atom. The molecule has 5 nitrogen and oxygen atoms in total. The molecular weight excluding hydrogens is 288 g/mol. The van der Waals surface area contributed by atoms with Gasteiger partial charge in [0.25, 0.3) is 0 Å². The smallest absolute Gasteiger partial charge is 0.216 e. The molecule has 7 heteroatoms. The molecule has 0 spiro atoms. The van der Waals surface area contributed by atoms with E-state index in [0.717, 1.165) is 19.3 Å². The standard InChI is InChI=1S/C12H23ClN2O3S/c1-11(16)14-10-12-4-7-15(8-5-12)19(17,18)9-3-2-6-13/h12H,2-10H2,1H3,(H,14,16). The van der Waals surface area contributed by atoms with E-state index >= 15 is 0 Å². The van der Waals surface area contributed by atoms with E-state index in [9.17, 15) is 13.2 Å². The Balaban J connectivity index is 2.34. The molecule has 1 aliphatic heterocycles. The summed E-state index contributed by atoms with van der Waals surface area (Å²) in [7, 11) is -3.12. The molecule has 1 rings (SSSR count). The zero-order chi connectivity index (χ0) is 14.3. The SMILES string of the molecule is CC(=O)NCC1CCN(S(=O)(=O)CCCCCl)CC1. The first-order valence-corrected chi connectivity index (χ1v) is 8.88. The molecular formula is C12H23ClN2O3S. The molecule has 1 saturated heterocycles. The topological polar surface area (TPSA) is 66.5 Å². The van der Waals surface area contributed by atoms with Crippen LogP contribution in [0.2, 0.25) is 0 Å². The molecule has 0 aromatic rings. The van der Waals surface area contributed by atoms with Gasteiger partial charge in [0.1, 0.15) is 0 Å². The monoisotopic (exact) mass is 310 g/mol. The van der Waals surface area contributed by atoms with E-state index in [1.807, 2.05) is 0 Å². The lowest BCUT2D eigenvalue weighted by Crippen LogP contribution is -2.42. The molecule has 0 radical (unpaired) electrons. The summed E-state index contributed by atoms with van der Waals surface area (Å²) in [6, 6.07) is 0. The van der Waals surface area contributed by atoms with E-state index in [1.165, 1.54) is 6.92 Å². The Kier molecular flexibility index (Phi) is 7.10. The average molecular weight is 311 g/mol. The highest BCUT2D eigenvalue weighted by atomic mass is 35.5. The summed E-state index contributed by atoms with van der Waals surface area (Å²) in [6.07, 6.45) is 2.99. The maximum absolute atomic E-state index is 12.0. The molecule has 0 aromatic carbocycles. The first kappa shape index (κ1) is 16.7. The van der Waals surface area contributed by atoms with Crippen molar-refractivity contribution in [2.24, 2.45) is 5.92 Å². The van der Waals surface area contributed by atoms with Crippen molar-refractivity contribution in [3.63, 3.8) is 0 Å². The van der Waals surface area contributed by atoms with Gasteiger partial charge in [0.05, 0.1) is 5.75 Å². The fourth-order valence-electron chi connectivity index (χ4n) is 2.19. The minimum absolute atomic E-state index is 0.0314. The number of alkyl halides is 1. The quantitative estimate of drug-likeness (QED) is 0.567. The number of amides is 1. The largest absolute Gasteiger partial charge is 0.356 e. The summed E-state index contributed by atoms with van der Waals surface area (Å²) in [5, 5.41) is 2.79. The maximum atomic E-state index is 12.0. The number of hydrogen-bond donors (Lipinski definition) is 1. The first-order valence-electron chi connectivity index (χ1n) is 6.74. The number of rotatable bonds is 7. The molecule has 1 aliphatic rings. The number of sulfonamides is 1. The molecule has 112 valence electrons. The van der Waals surface area contributed by atoms with Gasteiger partial charge in [-0.25, -0.2) is 12.7 Å². The average Bonchev–Trinajstić information content (AvgIpc) is 2.37. The van der Waals surface area contributed by atoms with Crippen LogP contribution in [0.15, 0.2) is 0 Å². The number of piperidine rings is 1. The van der Waals surface area contributed by atoms with Gasteiger partial charge in [-0.2, -0.15) is 0 Å². The zero-order valence-corrected chi connectivity index (χ0v) is 13.0. The normalized spacial score (nSPS) is 18.4. The number of carbonyl (C=O) groups excluding carboxylic acids is 1. The lowest BCUT2D eigenvalue weighted by Gasteiger charge is -2.31. The Morgan fingerprint density at radius 3 is 2.47 bits per heavy atom. The number of unbranched alkanes of at least 4 members (excludes halogenated alkanes) is 1. The van der Waals surface area contributed by atoms with Gasteiger partial charge in [-0.3, -0.25) is 4.79 Å². The van der Waals surface area contributed by atoms with E-state index in [2.05, 4.69) is 5.32 Å². The van der Waals surface area contributed by atoms with Crippen LogP contribution in [0.1, 0.15) is 32.6 Å². The van der Waals surface area contributed by atoms with Crippen LogP contribution in [0, 0.1) is 5.92 Å². The van der Waals surface area contributed by atoms with Gasteiger partial charge in [0, 0.05) is 32.4 Å². The number of nitrogens with zero attached hydrogens (tertiary/aromatic N) is 1. The Morgan fingerprint density at radius 2 is 1.95 bits per heavy atom. The summed E-state index contributed by atoms with van der Waals surface area (Å²) < 4.78 is 25.7. The predicted molar refractivity (Wildman–Crippen MR) is 76.7 cm³/mol. The summed E-state index contributed by atoms with van der Waals surface area (Å²) in [5.41, 5.74) is 0. The molecule has 0 unspecified atom stereocenters. The number of nitrogens with one attached hydrogen (secondary N) is 1. The van der Waals surface area contributed by atoms with Crippen LogP contribution in [0.4, 0.5) is 0 Å². The minimum atomic E-state index is -3.12. The fraction of sp³-hybridized carbons (Fsp3) is 0.917. The van der Waals surface area contributed by atoms with Gasteiger partial charge < -0.3 is 5.32 Å². The van der Waals surface area contributed by atoms with Crippen LogP contribution in [0.5, 0.6) is 0 Å². The summed E-state index contributed by atoms with van der Waals surface area (Å²) in [4.78, 5) is 10.8. The van der Waals surface area contributed by atoms with Crippen LogP contribution < -0.4 is 5.32 Å². The Labute approximate surface area is 120 Å². The molecule has 1 heterocycles. The molecule has 1 amide bonds. The lowest BCUT2D eigenvalue weighted by molar-refractivity contribution is -0.119. The third-order valence-electron chi connectivity index (χ3n) is 3.39. The molecule has 19 heavy (non-hydrogen) atoms. The van der Waals surface area contributed by atoms with Crippen LogP contribution in [0.3, 0.4) is 0 Å². The van der Waals surface area contributed by atoms with E-state index in [4.69, 9.17) is 11.6 Å².